The molecule has 6 rings (SSSR count). The number of rotatable bonds is 2. The SMILES string of the molecule is CC1(C)O[C@@H]2C[C@H]3[C@@H]4C[C@H](F)C5=CC(=O)C=C[C@]5(C)[C@@]45O[C@H]5C[C@]3(C)[C@]2(C(=O)CO)O1. The lowest BCUT2D eigenvalue weighted by Gasteiger charge is -2.56. The van der Waals surface area contributed by atoms with Gasteiger partial charge in [-0.1, -0.05) is 13.0 Å². The van der Waals surface area contributed by atoms with Gasteiger partial charge in [0.2, 0.25) is 0 Å². The molecule has 6 aliphatic rings. The number of carbonyl (C=O) groups excluding carboxylic acids is 2. The maximum atomic E-state index is 15.5. The van der Waals surface area contributed by atoms with Gasteiger partial charge in [-0.3, -0.25) is 9.59 Å². The molecule has 9 atom stereocenters. The number of aliphatic hydroxyl groups excluding tert-OH is 1. The molecule has 5 fully saturated rings. The first kappa shape index (κ1) is 20.2. The van der Waals surface area contributed by atoms with Crippen molar-refractivity contribution in [2.45, 2.75) is 82.3 Å². The Morgan fingerprint density at radius 2 is 1.90 bits per heavy atom. The number of hydrogen-bond acceptors (Lipinski definition) is 6. The summed E-state index contributed by atoms with van der Waals surface area (Å²) < 4.78 is 34.5. The molecule has 2 heterocycles. The quantitative estimate of drug-likeness (QED) is 0.675. The summed E-state index contributed by atoms with van der Waals surface area (Å²) in [6.07, 6.45) is 4.25. The molecule has 2 aliphatic heterocycles. The van der Waals surface area contributed by atoms with Crippen LogP contribution in [0.5, 0.6) is 0 Å². The zero-order chi connectivity index (χ0) is 22.2. The molecule has 1 spiro atoms. The highest BCUT2D eigenvalue weighted by Crippen LogP contribution is 2.77. The van der Waals surface area contributed by atoms with Gasteiger partial charge in [-0.2, -0.15) is 0 Å². The molecule has 0 aromatic heterocycles. The van der Waals surface area contributed by atoms with E-state index in [9.17, 15) is 14.7 Å². The molecular formula is C24H29FO6. The minimum Gasteiger partial charge on any atom is -0.388 e. The number of aliphatic hydroxyl groups is 1. The van der Waals surface area contributed by atoms with Gasteiger partial charge in [0.1, 0.15) is 18.4 Å². The normalized spacial score (nSPS) is 55.5. The Morgan fingerprint density at radius 1 is 1.16 bits per heavy atom. The molecule has 2 saturated heterocycles. The number of ether oxygens (including phenoxy) is 3. The number of ketones is 2. The third kappa shape index (κ3) is 2.04. The summed E-state index contributed by atoms with van der Waals surface area (Å²) in [6, 6.07) is 0. The van der Waals surface area contributed by atoms with Crippen LogP contribution in [0.3, 0.4) is 0 Å². The predicted octanol–water partition coefficient (Wildman–Crippen LogP) is 2.44. The van der Waals surface area contributed by atoms with Gasteiger partial charge in [-0.25, -0.2) is 4.39 Å². The second-order valence-electron chi connectivity index (χ2n) is 11.1. The van der Waals surface area contributed by atoms with Gasteiger partial charge in [0, 0.05) is 10.8 Å². The molecule has 0 radical (unpaired) electrons. The molecule has 7 heteroatoms. The van der Waals surface area contributed by atoms with E-state index in [0.29, 0.717) is 18.4 Å². The van der Waals surface area contributed by atoms with Gasteiger partial charge in [-0.15, -0.1) is 0 Å². The minimum atomic E-state index is -1.27. The molecule has 168 valence electrons. The van der Waals surface area contributed by atoms with Crippen LogP contribution < -0.4 is 0 Å². The molecule has 0 amide bonds. The lowest BCUT2D eigenvalue weighted by molar-refractivity contribution is -0.212. The maximum absolute atomic E-state index is 15.5. The zero-order valence-corrected chi connectivity index (χ0v) is 18.3. The molecule has 0 aromatic rings. The Labute approximate surface area is 180 Å². The highest BCUT2D eigenvalue weighted by atomic mass is 19.1. The van der Waals surface area contributed by atoms with Crippen molar-refractivity contribution in [3.8, 4) is 0 Å². The van der Waals surface area contributed by atoms with E-state index in [2.05, 4.69) is 0 Å². The van der Waals surface area contributed by atoms with Gasteiger partial charge in [0.15, 0.2) is 23.0 Å². The lowest BCUT2D eigenvalue weighted by Crippen LogP contribution is -2.64. The van der Waals surface area contributed by atoms with E-state index < -0.39 is 46.7 Å². The summed E-state index contributed by atoms with van der Waals surface area (Å²) in [4.78, 5) is 25.2. The summed E-state index contributed by atoms with van der Waals surface area (Å²) >= 11 is 0. The number of Topliss-reactive ketones (excluding diaryl/α,β-unsaturated/α-hetero) is 1. The average Bonchev–Trinajstić information content (AvgIpc) is 3.28. The first-order valence-electron chi connectivity index (χ1n) is 11.2. The number of fused-ring (bicyclic) bond motifs is 5. The van der Waals surface area contributed by atoms with Gasteiger partial charge >= 0.3 is 0 Å². The second-order valence-corrected chi connectivity index (χ2v) is 11.1. The van der Waals surface area contributed by atoms with Crippen LogP contribution >= 0.6 is 0 Å². The van der Waals surface area contributed by atoms with Gasteiger partial charge < -0.3 is 19.3 Å². The van der Waals surface area contributed by atoms with Crippen molar-refractivity contribution in [2.75, 3.05) is 6.61 Å². The fourth-order valence-electron chi connectivity index (χ4n) is 8.36. The Bertz CT molecular complexity index is 971. The lowest BCUT2D eigenvalue weighted by atomic mass is 9.46. The molecule has 0 bridgehead atoms. The third-order valence-electron chi connectivity index (χ3n) is 9.47. The van der Waals surface area contributed by atoms with Gasteiger partial charge in [0.25, 0.3) is 0 Å². The van der Waals surface area contributed by atoms with E-state index in [1.54, 1.807) is 13.8 Å². The number of hydrogen-bond donors (Lipinski definition) is 1. The van der Waals surface area contributed by atoms with Crippen LogP contribution in [-0.4, -0.2) is 58.6 Å². The van der Waals surface area contributed by atoms with Crippen LogP contribution in [0.15, 0.2) is 23.8 Å². The monoisotopic (exact) mass is 432 g/mol. The van der Waals surface area contributed by atoms with E-state index in [-0.39, 0.29) is 35.9 Å². The maximum Gasteiger partial charge on any atom is 0.193 e. The fourth-order valence-corrected chi connectivity index (χ4v) is 8.36. The smallest absolute Gasteiger partial charge is 0.193 e. The summed E-state index contributed by atoms with van der Waals surface area (Å²) in [5.74, 6) is -1.70. The summed E-state index contributed by atoms with van der Waals surface area (Å²) in [5, 5.41) is 9.86. The summed E-state index contributed by atoms with van der Waals surface area (Å²) in [7, 11) is 0. The van der Waals surface area contributed by atoms with Crippen molar-refractivity contribution in [1.29, 1.82) is 0 Å². The Morgan fingerprint density at radius 3 is 2.61 bits per heavy atom. The second kappa shape index (κ2) is 5.56. The molecule has 1 N–H and O–H groups in total. The molecule has 6 nitrogen and oxygen atoms in total. The standard InChI is InChI=1S/C24H29FO6/c1-20(2)29-18-9-13-14-8-16(25)15-7-12(27)5-6-21(15,3)23(14)19(30-23)10-22(13,4)24(18,31-20)17(28)11-26/h5-7,13-14,16,18-19,26H,8-11H2,1-4H3/t13-,14-,16-,18+,19-,21-,22-,23+,24+/m0/s1. The van der Waals surface area contributed by atoms with Crippen LogP contribution in [0.25, 0.3) is 0 Å². The largest absolute Gasteiger partial charge is 0.388 e. The van der Waals surface area contributed by atoms with E-state index in [4.69, 9.17) is 14.2 Å². The van der Waals surface area contributed by atoms with Crippen molar-refractivity contribution in [2.24, 2.45) is 22.7 Å². The summed E-state index contributed by atoms with van der Waals surface area (Å²) in [6.45, 7) is 6.96. The average molecular weight is 432 g/mol. The van der Waals surface area contributed by atoms with Crippen LogP contribution in [0.2, 0.25) is 0 Å². The van der Waals surface area contributed by atoms with Crippen molar-refractivity contribution >= 4 is 11.6 Å². The summed E-state index contributed by atoms with van der Waals surface area (Å²) in [5.41, 5.74) is -2.68. The van der Waals surface area contributed by atoms with Crippen molar-refractivity contribution in [1.82, 2.24) is 0 Å². The molecule has 4 aliphatic carbocycles. The Balaban J connectivity index is 1.48. The molecule has 0 aromatic carbocycles. The van der Waals surface area contributed by atoms with E-state index in [0.717, 1.165) is 0 Å². The van der Waals surface area contributed by atoms with E-state index in [1.807, 2.05) is 19.9 Å². The zero-order valence-electron chi connectivity index (χ0n) is 18.3. The number of carbonyl (C=O) groups is 2. The number of alkyl halides is 1. The first-order valence-corrected chi connectivity index (χ1v) is 11.2. The molecule has 3 saturated carbocycles. The van der Waals surface area contributed by atoms with Crippen molar-refractivity contribution in [3.63, 3.8) is 0 Å². The van der Waals surface area contributed by atoms with Gasteiger partial charge in [0.05, 0.1) is 12.2 Å². The fraction of sp³-hybridized carbons (Fsp3) is 0.750. The third-order valence-corrected chi connectivity index (χ3v) is 9.47. The predicted molar refractivity (Wildman–Crippen MR) is 107 cm³/mol. The van der Waals surface area contributed by atoms with Crippen LogP contribution in [0.4, 0.5) is 4.39 Å². The Hall–Kier alpha value is -1.41. The number of epoxide rings is 1. The molecular weight excluding hydrogens is 403 g/mol. The van der Waals surface area contributed by atoms with Crippen molar-refractivity contribution in [3.05, 3.63) is 23.8 Å². The number of halogens is 1. The highest BCUT2D eigenvalue weighted by Gasteiger charge is 2.85. The van der Waals surface area contributed by atoms with Crippen LogP contribution in [0, 0.1) is 22.7 Å². The highest BCUT2D eigenvalue weighted by molar-refractivity contribution is 6.01. The van der Waals surface area contributed by atoms with Crippen molar-refractivity contribution < 1.29 is 33.3 Å². The van der Waals surface area contributed by atoms with Gasteiger partial charge in [-0.05, 0) is 69.6 Å². The Kier molecular flexibility index (Phi) is 3.62. The first-order chi connectivity index (χ1) is 14.4. The topological polar surface area (TPSA) is 85.4 Å². The minimum absolute atomic E-state index is 0.0643. The van der Waals surface area contributed by atoms with Crippen LogP contribution in [0.1, 0.15) is 47.0 Å². The number of allylic oxidation sites excluding steroid dienone is 2. The van der Waals surface area contributed by atoms with Crippen LogP contribution in [-0.2, 0) is 23.8 Å². The van der Waals surface area contributed by atoms with E-state index >= 15 is 4.39 Å². The van der Waals surface area contributed by atoms with E-state index in [1.165, 1.54) is 12.2 Å². The molecule has 0 unspecified atom stereocenters. The molecule has 31 heavy (non-hydrogen) atoms.